The number of rotatable bonds is 6. The van der Waals surface area contributed by atoms with Crippen molar-refractivity contribution in [1.82, 2.24) is 24.8 Å². The van der Waals surface area contributed by atoms with E-state index in [0.717, 1.165) is 16.8 Å². The highest BCUT2D eigenvalue weighted by molar-refractivity contribution is 5.72. The second kappa shape index (κ2) is 7.20. The number of fused-ring (bicyclic) bond motifs is 1. The number of hydrogen-bond donors (Lipinski definition) is 3. The molecule has 0 fully saturated rings. The fourth-order valence-electron chi connectivity index (χ4n) is 3.43. The first-order valence-electron chi connectivity index (χ1n) is 9.48. The number of ether oxygens (including phenoxy) is 2. The molecule has 1 unspecified atom stereocenters. The Kier molecular flexibility index (Phi) is 4.36. The Balaban J connectivity index is 1.62. The van der Waals surface area contributed by atoms with Gasteiger partial charge in [-0.3, -0.25) is 5.10 Å². The number of anilines is 2. The SMILES string of the molecule is Cc1cc(Nc2nc(C(O)(Cc3ccccc3)C3=COCO3)nn3cccc23)n[nH]1. The Morgan fingerprint density at radius 1 is 1.23 bits per heavy atom. The summed E-state index contributed by atoms with van der Waals surface area (Å²) in [6.07, 6.45) is 3.43. The third-order valence-electron chi connectivity index (χ3n) is 4.90. The van der Waals surface area contributed by atoms with E-state index in [1.807, 2.05) is 55.5 Å². The lowest BCUT2D eigenvalue weighted by molar-refractivity contribution is -0.0123. The van der Waals surface area contributed by atoms with Crippen molar-refractivity contribution in [2.75, 3.05) is 12.1 Å². The summed E-state index contributed by atoms with van der Waals surface area (Å²) in [5, 5.41) is 26.6. The van der Waals surface area contributed by atoms with Crippen LogP contribution in [0, 0.1) is 6.92 Å². The van der Waals surface area contributed by atoms with Crippen molar-refractivity contribution in [3.8, 4) is 0 Å². The highest BCUT2D eigenvalue weighted by atomic mass is 16.7. The Morgan fingerprint density at radius 2 is 2.10 bits per heavy atom. The maximum atomic E-state index is 11.8. The third-order valence-corrected chi connectivity index (χ3v) is 4.90. The highest BCUT2D eigenvalue weighted by Crippen LogP contribution is 2.35. The molecule has 0 saturated carbocycles. The van der Waals surface area contributed by atoms with Crippen LogP contribution < -0.4 is 5.32 Å². The normalized spacial score (nSPS) is 15.3. The van der Waals surface area contributed by atoms with Crippen molar-refractivity contribution < 1.29 is 14.6 Å². The van der Waals surface area contributed by atoms with Crippen molar-refractivity contribution in [3.63, 3.8) is 0 Å². The van der Waals surface area contributed by atoms with Gasteiger partial charge in [-0.2, -0.15) is 5.10 Å². The maximum Gasteiger partial charge on any atom is 0.230 e. The summed E-state index contributed by atoms with van der Waals surface area (Å²) in [7, 11) is 0. The van der Waals surface area contributed by atoms with Gasteiger partial charge in [0.05, 0.1) is 0 Å². The molecule has 1 atom stereocenters. The smallest absolute Gasteiger partial charge is 0.230 e. The van der Waals surface area contributed by atoms with Crippen molar-refractivity contribution in [3.05, 3.63) is 83.8 Å². The van der Waals surface area contributed by atoms with Crippen LogP contribution in [0.3, 0.4) is 0 Å². The second-order valence-electron chi connectivity index (χ2n) is 7.12. The molecule has 152 valence electrons. The molecule has 0 amide bonds. The van der Waals surface area contributed by atoms with E-state index in [0.29, 0.717) is 11.6 Å². The molecule has 0 bridgehead atoms. The topological polar surface area (TPSA) is 110 Å². The van der Waals surface area contributed by atoms with Gasteiger partial charge in [0.1, 0.15) is 11.8 Å². The number of benzene rings is 1. The van der Waals surface area contributed by atoms with Gasteiger partial charge in [0.15, 0.2) is 28.8 Å². The lowest BCUT2D eigenvalue weighted by atomic mass is 9.91. The molecule has 9 nitrogen and oxygen atoms in total. The molecule has 3 aromatic heterocycles. The summed E-state index contributed by atoms with van der Waals surface area (Å²) >= 11 is 0. The number of aliphatic hydroxyl groups is 1. The molecule has 0 radical (unpaired) electrons. The minimum atomic E-state index is -1.62. The minimum absolute atomic E-state index is 0.0376. The van der Waals surface area contributed by atoms with Crippen LogP contribution in [0.4, 0.5) is 11.6 Å². The quantitative estimate of drug-likeness (QED) is 0.453. The Bertz CT molecular complexity index is 1220. The zero-order valence-electron chi connectivity index (χ0n) is 16.2. The van der Waals surface area contributed by atoms with Crippen LogP contribution in [0.25, 0.3) is 5.52 Å². The van der Waals surface area contributed by atoms with Crippen LogP contribution in [0.2, 0.25) is 0 Å². The maximum absolute atomic E-state index is 11.8. The molecular formula is C21H20N6O3. The van der Waals surface area contributed by atoms with E-state index >= 15 is 0 Å². The fraction of sp³-hybridized carbons (Fsp3) is 0.190. The average molecular weight is 404 g/mol. The van der Waals surface area contributed by atoms with Gasteiger partial charge in [-0.25, -0.2) is 9.50 Å². The van der Waals surface area contributed by atoms with Crippen molar-refractivity contribution >= 4 is 17.2 Å². The Hall–Kier alpha value is -3.85. The van der Waals surface area contributed by atoms with Gasteiger partial charge in [0.25, 0.3) is 0 Å². The van der Waals surface area contributed by atoms with Gasteiger partial charge < -0.3 is 19.9 Å². The summed E-state index contributed by atoms with van der Waals surface area (Å²) in [6, 6.07) is 15.2. The van der Waals surface area contributed by atoms with Crippen LogP contribution in [0.5, 0.6) is 0 Å². The summed E-state index contributed by atoms with van der Waals surface area (Å²) < 4.78 is 12.5. The van der Waals surface area contributed by atoms with E-state index in [4.69, 9.17) is 9.47 Å². The molecule has 4 heterocycles. The van der Waals surface area contributed by atoms with E-state index in [1.54, 1.807) is 10.7 Å². The molecule has 0 aliphatic carbocycles. The van der Waals surface area contributed by atoms with Crippen LogP contribution in [0.1, 0.15) is 17.1 Å². The van der Waals surface area contributed by atoms with Crippen LogP contribution in [0.15, 0.2) is 66.7 Å². The molecule has 3 N–H and O–H groups in total. The summed E-state index contributed by atoms with van der Waals surface area (Å²) in [5.41, 5.74) is 0.957. The van der Waals surface area contributed by atoms with Gasteiger partial charge in [-0.05, 0) is 24.6 Å². The number of aryl methyl sites for hydroxylation is 1. The number of hydrogen-bond acceptors (Lipinski definition) is 7. The first kappa shape index (κ1) is 18.2. The van der Waals surface area contributed by atoms with Gasteiger partial charge in [0.2, 0.25) is 6.79 Å². The molecule has 1 aliphatic heterocycles. The van der Waals surface area contributed by atoms with Gasteiger partial charge >= 0.3 is 0 Å². The van der Waals surface area contributed by atoms with E-state index in [9.17, 15) is 5.11 Å². The molecule has 0 spiro atoms. The second-order valence-corrected chi connectivity index (χ2v) is 7.12. The Morgan fingerprint density at radius 3 is 2.83 bits per heavy atom. The number of aromatic amines is 1. The first-order valence-corrected chi connectivity index (χ1v) is 9.48. The van der Waals surface area contributed by atoms with Crippen molar-refractivity contribution in [2.45, 2.75) is 18.9 Å². The lowest BCUT2D eigenvalue weighted by Gasteiger charge is -2.26. The van der Waals surface area contributed by atoms with Gasteiger partial charge in [-0.1, -0.05) is 30.3 Å². The summed E-state index contributed by atoms with van der Waals surface area (Å²) in [4.78, 5) is 4.67. The molecule has 9 heteroatoms. The lowest BCUT2D eigenvalue weighted by Crippen LogP contribution is -2.34. The van der Waals surface area contributed by atoms with Crippen LogP contribution in [-0.4, -0.2) is 36.7 Å². The average Bonchev–Trinajstić information content (AvgIpc) is 3.51. The van der Waals surface area contributed by atoms with Crippen molar-refractivity contribution in [1.29, 1.82) is 0 Å². The predicted octanol–water partition coefficient (Wildman–Crippen LogP) is 2.78. The highest BCUT2D eigenvalue weighted by Gasteiger charge is 2.42. The van der Waals surface area contributed by atoms with Crippen LogP contribution >= 0.6 is 0 Å². The number of H-pyrrole nitrogens is 1. The standard InChI is InChI=1S/C21H20N6O3/c1-14-10-18(25-24-14)22-19-16-8-5-9-27(16)26-20(23-19)21(28,17-12-29-13-30-17)11-15-6-3-2-4-7-15/h2-10,12,28H,11,13H2,1H3,(H2,22,23,24,25,26). The first-order chi connectivity index (χ1) is 14.6. The molecule has 4 aromatic rings. The number of aromatic nitrogens is 5. The summed E-state index contributed by atoms with van der Waals surface area (Å²) in [6.45, 7) is 1.95. The zero-order chi connectivity index (χ0) is 20.6. The van der Waals surface area contributed by atoms with Gasteiger partial charge in [0, 0.05) is 24.4 Å². The Labute approximate surface area is 172 Å². The van der Waals surface area contributed by atoms with E-state index < -0.39 is 5.60 Å². The minimum Gasteiger partial charge on any atom is -0.461 e. The largest absolute Gasteiger partial charge is 0.461 e. The molecule has 1 aromatic carbocycles. The predicted molar refractivity (Wildman–Crippen MR) is 109 cm³/mol. The monoisotopic (exact) mass is 404 g/mol. The van der Waals surface area contributed by atoms with Gasteiger partial charge in [-0.15, -0.1) is 5.10 Å². The third kappa shape index (κ3) is 3.25. The van der Waals surface area contributed by atoms with Crippen molar-refractivity contribution in [2.24, 2.45) is 0 Å². The van der Waals surface area contributed by atoms with E-state index in [2.05, 4.69) is 25.6 Å². The number of nitrogens with zero attached hydrogens (tertiary/aromatic N) is 4. The molecule has 1 aliphatic rings. The molecular weight excluding hydrogens is 384 g/mol. The van der Waals surface area contributed by atoms with E-state index in [-0.39, 0.29) is 24.8 Å². The molecule has 5 rings (SSSR count). The fourth-order valence-corrected chi connectivity index (χ4v) is 3.43. The number of nitrogens with one attached hydrogen (secondary N) is 2. The van der Waals surface area contributed by atoms with Crippen LogP contribution in [-0.2, 0) is 21.5 Å². The zero-order valence-corrected chi connectivity index (χ0v) is 16.2. The molecule has 30 heavy (non-hydrogen) atoms. The van der Waals surface area contributed by atoms with E-state index in [1.165, 1.54) is 6.26 Å². The molecule has 0 saturated heterocycles. The summed E-state index contributed by atoms with van der Waals surface area (Å²) in [5.74, 6) is 1.58.